The minimum atomic E-state index is -0.364. The van der Waals surface area contributed by atoms with E-state index in [2.05, 4.69) is 70.1 Å². The van der Waals surface area contributed by atoms with Crippen molar-refractivity contribution >= 4 is 56.1 Å². The van der Waals surface area contributed by atoms with Gasteiger partial charge < -0.3 is 14.7 Å². The zero-order chi connectivity index (χ0) is 27.7. The molecule has 1 aromatic carbocycles. The van der Waals surface area contributed by atoms with Crippen molar-refractivity contribution in [3.05, 3.63) is 93.5 Å². The normalized spacial score (nSPS) is 13.5. The van der Waals surface area contributed by atoms with Crippen LogP contribution in [0.4, 0.5) is 0 Å². The van der Waals surface area contributed by atoms with Crippen molar-refractivity contribution < 1.29 is 9.53 Å². The first-order valence-corrected chi connectivity index (χ1v) is 13.9. The van der Waals surface area contributed by atoms with Crippen molar-refractivity contribution in [1.82, 2.24) is 19.9 Å². The number of benzene rings is 1. The van der Waals surface area contributed by atoms with Gasteiger partial charge in [-0.05, 0) is 82.2 Å². The van der Waals surface area contributed by atoms with E-state index in [1.807, 2.05) is 44.2 Å². The van der Waals surface area contributed by atoms with Gasteiger partial charge in [0.15, 0.2) is 0 Å². The Morgan fingerprint density at radius 1 is 0.897 bits per heavy atom. The number of aromatic amines is 2. The van der Waals surface area contributed by atoms with Crippen LogP contribution in [0.3, 0.4) is 0 Å². The van der Waals surface area contributed by atoms with Gasteiger partial charge in [0, 0.05) is 49.8 Å². The zero-order valence-corrected chi connectivity index (χ0v) is 24.3. The van der Waals surface area contributed by atoms with Crippen molar-refractivity contribution in [2.24, 2.45) is 0 Å². The molecule has 0 fully saturated rings. The molecule has 3 aromatic heterocycles. The van der Waals surface area contributed by atoms with Gasteiger partial charge in [-0.1, -0.05) is 39.8 Å². The molecule has 2 aliphatic heterocycles. The number of carbonyl (C=O) groups excluding carboxylic acids is 1. The Hall–Kier alpha value is -3.97. The minimum Gasteiger partial charge on any atom is -0.465 e. The molecule has 6 rings (SSSR count). The van der Waals surface area contributed by atoms with Gasteiger partial charge in [-0.2, -0.15) is 0 Å². The molecule has 2 aliphatic rings. The molecule has 39 heavy (non-hydrogen) atoms. The second-order valence-electron chi connectivity index (χ2n) is 9.99. The van der Waals surface area contributed by atoms with Crippen LogP contribution in [0.15, 0.2) is 65.1 Å². The maximum atomic E-state index is 12.0. The summed E-state index contributed by atoms with van der Waals surface area (Å²) in [6.07, 6.45) is 4.88. The number of ether oxygens (including phenoxy) is 1. The second kappa shape index (κ2) is 10.7. The van der Waals surface area contributed by atoms with Crippen molar-refractivity contribution in [1.29, 1.82) is 0 Å². The third-order valence-electron chi connectivity index (χ3n) is 6.80. The molecule has 2 N–H and O–H groups in total. The number of H-pyrrole nitrogens is 2. The number of rotatable bonds is 2. The lowest BCUT2D eigenvalue weighted by molar-refractivity contribution is 0.0600. The summed E-state index contributed by atoms with van der Waals surface area (Å²) in [5, 5.41) is 0. The van der Waals surface area contributed by atoms with Crippen LogP contribution in [0.5, 0.6) is 0 Å². The maximum Gasteiger partial charge on any atom is 0.337 e. The number of esters is 1. The van der Waals surface area contributed by atoms with E-state index >= 15 is 0 Å². The number of hydrogen-bond acceptors (Lipinski definition) is 4. The van der Waals surface area contributed by atoms with E-state index in [1.54, 1.807) is 12.1 Å². The summed E-state index contributed by atoms with van der Waals surface area (Å²) in [5.74, 6) is -0.364. The van der Waals surface area contributed by atoms with Crippen LogP contribution < -0.4 is 0 Å². The third kappa shape index (κ3) is 5.32. The lowest BCUT2D eigenvalue weighted by atomic mass is 9.87. The first kappa shape index (κ1) is 26.6. The van der Waals surface area contributed by atoms with E-state index in [1.165, 1.54) is 7.11 Å². The van der Waals surface area contributed by atoms with E-state index in [9.17, 15) is 4.79 Å². The highest BCUT2D eigenvalue weighted by Crippen LogP contribution is 2.34. The molecule has 0 atom stereocenters. The van der Waals surface area contributed by atoms with Gasteiger partial charge in [-0.3, -0.25) is 4.98 Å². The molecule has 4 aromatic rings. The van der Waals surface area contributed by atoms with Crippen molar-refractivity contribution in [2.75, 3.05) is 7.11 Å². The van der Waals surface area contributed by atoms with E-state index in [4.69, 9.17) is 14.7 Å². The molecule has 7 heteroatoms. The Balaban J connectivity index is 0.00000151. The second-order valence-corrected chi connectivity index (χ2v) is 10.8. The maximum absolute atomic E-state index is 12.0. The first-order valence-electron chi connectivity index (χ1n) is 13.1. The summed E-state index contributed by atoms with van der Waals surface area (Å²) in [7, 11) is 1.38. The molecule has 0 saturated carbocycles. The van der Waals surface area contributed by atoms with Crippen LogP contribution in [0, 0.1) is 0 Å². The summed E-state index contributed by atoms with van der Waals surface area (Å²) in [5.41, 5.74) is 9.90. The molecule has 0 amide bonds. The minimum absolute atomic E-state index is 0.0723. The molecule has 6 nitrogen and oxygen atoms in total. The highest BCUT2D eigenvalue weighted by atomic mass is 79.9. The molecular formula is C32H31BrN4O2. The molecular weight excluding hydrogens is 552 g/mol. The van der Waals surface area contributed by atoms with E-state index in [0.717, 1.165) is 66.9 Å². The summed E-state index contributed by atoms with van der Waals surface area (Å²) in [6, 6.07) is 19.9. The van der Waals surface area contributed by atoms with Gasteiger partial charge >= 0.3 is 5.97 Å². The third-order valence-corrected chi connectivity index (χ3v) is 7.45. The highest BCUT2D eigenvalue weighted by molar-refractivity contribution is 9.10. The first-order chi connectivity index (χ1) is 18.8. The molecule has 8 bridgehead atoms. The number of carbonyl (C=O) groups is 1. The van der Waals surface area contributed by atoms with Gasteiger partial charge in [0.05, 0.1) is 29.6 Å². The van der Waals surface area contributed by atoms with Gasteiger partial charge in [0.25, 0.3) is 0 Å². The van der Waals surface area contributed by atoms with Crippen molar-refractivity contribution in [3.63, 3.8) is 0 Å². The van der Waals surface area contributed by atoms with Crippen LogP contribution in [0.1, 0.15) is 60.8 Å². The number of hydrogen-bond donors (Lipinski definition) is 2. The summed E-state index contributed by atoms with van der Waals surface area (Å²) < 4.78 is 5.82. The lowest BCUT2D eigenvalue weighted by Crippen LogP contribution is -2.14. The van der Waals surface area contributed by atoms with E-state index in [-0.39, 0.29) is 11.4 Å². The van der Waals surface area contributed by atoms with Gasteiger partial charge in [0.1, 0.15) is 0 Å². The molecule has 0 radical (unpaired) electrons. The van der Waals surface area contributed by atoms with E-state index in [0.29, 0.717) is 5.56 Å². The molecule has 0 aliphatic carbocycles. The van der Waals surface area contributed by atoms with Crippen LogP contribution >= 0.6 is 15.9 Å². The number of fused-ring (bicyclic) bond motifs is 8. The summed E-state index contributed by atoms with van der Waals surface area (Å²) in [6.45, 7) is 8.45. The SMILES string of the molecule is CC.COC(=O)c1ccc(-c2c3nc(cc4ccc(cc5nc(cc6[nH]c2cc6Br)CC5(C)C)[nH]4)C=C3)cc1. The number of aromatic nitrogens is 4. The van der Waals surface area contributed by atoms with Crippen molar-refractivity contribution in [3.8, 4) is 11.1 Å². The predicted molar refractivity (Wildman–Crippen MR) is 162 cm³/mol. The molecule has 0 spiro atoms. The Morgan fingerprint density at radius 3 is 2.33 bits per heavy atom. The smallest absolute Gasteiger partial charge is 0.337 e. The van der Waals surface area contributed by atoms with Gasteiger partial charge in [-0.15, -0.1) is 0 Å². The number of methoxy groups -OCH3 is 1. The summed E-state index contributed by atoms with van der Waals surface area (Å²) >= 11 is 3.75. The Labute approximate surface area is 236 Å². The van der Waals surface area contributed by atoms with Crippen LogP contribution in [-0.4, -0.2) is 33.0 Å². The van der Waals surface area contributed by atoms with Gasteiger partial charge in [0.2, 0.25) is 0 Å². The average molecular weight is 584 g/mol. The fourth-order valence-electron chi connectivity index (χ4n) is 4.89. The molecule has 5 heterocycles. The fraction of sp³-hybridized carbons (Fsp3) is 0.219. The number of nitrogens with zero attached hydrogens (tertiary/aromatic N) is 2. The number of halogens is 1. The highest BCUT2D eigenvalue weighted by Gasteiger charge is 2.28. The average Bonchev–Trinajstić information content (AvgIpc) is 3.70. The van der Waals surface area contributed by atoms with E-state index < -0.39 is 0 Å². The zero-order valence-electron chi connectivity index (χ0n) is 22.7. The largest absolute Gasteiger partial charge is 0.465 e. The van der Waals surface area contributed by atoms with Crippen LogP contribution in [-0.2, 0) is 16.6 Å². The standard InChI is InChI=1S/C30H25BrN4O2.C2H6/c1-30(2)16-22-13-25-23(31)15-26(35-25)28(17-4-6-18(7-5-17)29(36)37-3)24-11-10-20(33-24)12-19-8-9-21(32-19)14-27(30)34-22;1-2/h4-15,32,35H,16H2,1-3H3;1-2H3. The monoisotopic (exact) mass is 582 g/mol. The molecule has 0 saturated heterocycles. The molecule has 198 valence electrons. The Kier molecular flexibility index (Phi) is 7.28. The summed E-state index contributed by atoms with van der Waals surface area (Å²) in [4.78, 5) is 29.0. The Morgan fingerprint density at radius 2 is 1.62 bits per heavy atom. The topological polar surface area (TPSA) is 83.7 Å². The van der Waals surface area contributed by atoms with Crippen molar-refractivity contribution in [2.45, 2.75) is 39.5 Å². The fourth-order valence-corrected chi connectivity index (χ4v) is 5.33. The molecule has 0 unspecified atom stereocenters. The Bertz CT molecular complexity index is 1740. The predicted octanol–water partition coefficient (Wildman–Crippen LogP) is 8.25. The quantitative estimate of drug-likeness (QED) is 0.205. The van der Waals surface area contributed by atoms with Gasteiger partial charge in [-0.25, -0.2) is 9.78 Å². The van der Waals surface area contributed by atoms with Crippen LogP contribution in [0.2, 0.25) is 0 Å². The number of nitrogens with one attached hydrogen (secondary N) is 2. The lowest BCUT2D eigenvalue weighted by Gasteiger charge is -2.15. The van der Waals surface area contributed by atoms with Crippen LogP contribution in [0.25, 0.3) is 45.3 Å².